The summed E-state index contributed by atoms with van der Waals surface area (Å²) in [6, 6.07) is 19.5. The van der Waals surface area contributed by atoms with Crippen LogP contribution in [-0.4, -0.2) is 37.9 Å². The van der Waals surface area contributed by atoms with E-state index in [1.807, 2.05) is 68.4 Å². The molecule has 9 nitrogen and oxygen atoms in total. The molecule has 2 heterocycles. The molecule has 4 rings (SSSR count). The van der Waals surface area contributed by atoms with Crippen LogP contribution >= 0.6 is 0 Å². The van der Waals surface area contributed by atoms with E-state index in [2.05, 4.69) is 20.4 Å². The van der Waals surface area contributed by atoms with Gasteiger partial charge in [-0.2, -0.15) is 5.10 Å². The third-order valence-electron chi connectivity index (χ3n) is 5.32. The van der Waals surface area contributed by atoms with Crippen molar-refractivity contribution in [2.45, 2.75) is 26.4 Å². The molecule has 0 atom stereocenters. The first-order valence-electron chi connectivity index (χ1n) is 11.0. The lowest BCUT2D eigenvalue weighted by molar-refractivity contribution is 0.0691. The highest BCUT2D eigenvalue weighted by atomic mass is 16.5. The van der Waals surface area contributed by atoms with Crippen molar-refractivity contribution in [3.63, 3.8) is 0 Å². The first-order chi connectivity index (χ1) is 16.9. The molecule has 35 heavy (non-hydrogen) atoms. The van der Waals surface area contributed by atoms with Crippen molar-refractivity contribution in [1.29, 1.82) is 0 Å². The number of carboxylic acid groups (broad SMARTS) is 1. The summed E-state index contributed by atoms with van der Waals surface area (Å²) in [6.45, 7) is 4.02. The Morgan fingerprint density at radius 3 is 2.34 bits per heavy atom. The lowest BCUT2D eigenvalue weighted by atomic mass is 10.1. The van der Waals surface area contributed by atoms with Gasteiger partial charge in [0.15, 0.2) is 11.5 Å². The Bertz CT molecular complexity index is 1400. The monoisotopic (exact) mass is 471 g/mol. The molecule has 0 saturated carbocycles. The van der Waals surface area contributed by atoms with Gasteiger partial charge in [0.25, 0.3) is 5.56 Å². The zero-order valence-electron chi connectivity index (χ0n) is 19.6. The molecular weight excluding hydrogens is 446 g/mol. The molecule has 0 unspecified atom stereocenters. The average molecular weight is 472 g/mol. The molecule has 0 fully saturated rings. The third kappa shape index (κ3) is 5.19. The number of aromatic nitrogens is 4. The quantitative estimate of drug-likeness (QED) is 0.391. The van der Waals surface area contributed by atoms with Gasteiger partial charge in [-0.3, -0.25) is 4.79 Å². The predicted octanol–water partition coefficient (Wildman–Crippen LogP) is 4.27. The van der Waals surface area contributed by atoms with Crippen LogP contribution in [0.2, 0.25) is 0 Å². The van der Waals surface area contributed by atoms with Gasteiger partial charge in [-0.1, -0.05) is 42.5 Å². The standard InChI is InChI=1S/C26H25N5O4/c1-16(2)31-21(32)14-13-20(30-31)23-22(18-7-5-4-6-8-18)29-25(24(28-23)26(33)34)27-15-17-9-11-19(35-3)12-10-17/h4-14,16H,15H2,1-3H3,(H,27,29)(H,33,34). The van der Waals surface area contributed by atoms with Crippen LogP contribution in [0.4, 0.5) is 5.82 Å². The van der Waals surface area contributed by atoms with Gasteiger partial charge in [0.05, 0.1) is 13.2 Å². The van der Waals surface area contributed by atoms with Crippen LogP contribution < -0.4 is 15.6 Å². The average Bonchev–Trinajstić information content (AvgIpc) is 2.88. The van der Waals surface area contributed by atoms with Crippen LogP contribution in [0.15, 0.2) is 71.5 Å². The highest BCUT2D eigenvalue weighted by Gasteiger charge is 2.22. The molecule has 2 aromatic carbocycles. The van der Waals surface area contributed by atoms with Crippen molar-refractivity contribution in [2.75, 3.05) is 12.4 Å². The van der Waals surface area contributed by atoms with Crippen LogP contribution in [0.5, 0.6) is 5.75 Å². The third-order valence-corrected chi connectivity index (χ3v) is 5.32. The summed E-state index contributed by atoms with van der Waals surface area (Å²) in [5.74, 6) is -0.369. The maximum atomic E-state index is 12.2. The summed E-state index contributed by atoms with van der Waals surface area (Å²) in [5.41, 5.74) is 2.25. The maximum absolute atomic E-state index is 12.2. The first kappa shape index (κ1) is 23.6. The van der Waals surface area contributed by atoms with Gasteiger partial charge >= 0.3 is 5.97 Å². The molecule has 0 bridgehead atoms. The molecule has 0 radical (unpaired) electrons. The number of benzene rings is 2. The van der Waals surface area contributed by atoms with Crippen molar-refractivity contribution in [3.05, 3.63) is 88.3 Å². The second-order valence-electron chi connectivity index (χ2n) is 8.09. The lowest BCUT2D eigenvalue weighted by Gasteiger charge is -2.15. The molecule has 2 aromatic heterocycles. The number of anilines is 1. The number of rotatable bonds is 8. The van der Waals surface area contributed by atoms with Crippen LogP contribution in [0, 0.1) is 0 Å². The molecule has 0 aliphatic heterocycles. The van der Waals surface area contributed by atoms with Crippen LogP contribution in [0.1, 0.15) is 35.9 Å². The molecule has 0 aliphatic rings. The maximum Gasteiger partial charge on any atom is 0.358 e. The van der Waals surface area contributed by atoms with E-state index >= 15 is 0 Å². The Morgan fingerprint density at radius 1 is 1.00 bits per heavy atom. The number of nitrogens with one attached hydrogen (secondary N) is 1. The van der Waals surface area contributed by atoms with Crippen molar-refractivity contribution in [1.82, 2.24) is 19.7 Å². The van der Waals surface area contributed by atoms with Gasteiger partial charge in [-0.15, -0.1) is 0 Å². The largest absolute Gasteiger partial charge is 0.497 e. The Balaban J connectivity index is 1.83. The number of carbonyl (C=O) groups is 1. The number of carboxylic acids is 1. The van der Waals surface area contributed by atoms with Gasteiger partial charge in [-0.05, 0) is 37.6 Å². The smallest absolute Gasteiger partial charge is 0.358 e. The fourth-order valence-corrected chi connectivity index (χ4v) is 3.53. The fourth-order valence-electron chi connectivity index (χ4n) is 3.53. The van der Waals surface area contributed by atoms with Crippen LogP contribution in [-0.2, 0) is 6.54 Å². The Morgan fingerprint density at radius 2 is 1.71 bits per heavy atom. The Hall–Kier alpha value is -4.53. The van der Waals surface area contributed by atoms with E-state index in [1.54, 1.807) is 7.11 Å². The number of aromatic carboxylic acids is 1. The van der Waals surface area contributed by atoms with Crippen molar-refractivity contribution in [2.24, 2.45) is 0 Å². The van der Waals surface area contributed by atoms with Crippen molar-refractivity contribution < 1.29 is 14.6 Å². The molecule has 0 saturated heterocycles. The molecular formula is C26H25N5O4. The van der Waals surface area contributed by atoms with E-state index < -0.39 is 5.97 Å². The predicted molar refractivity (Wildman–Crippen MR) is 133 cm³/mol. The van der Waals surface area contributed by atoms with Gasteiger partial charge in [0.1, 0.15) is 22.8 Å². The van der Waals surface area contributed by atoms with E-state index in [-0.39, 0.29) is 28.8 Å². The number of ether oxygens (including phenoxy) is 1. The van der Waals surface area contributed by atoms with Gasteiger partial charge in [-0.25, -0.2) is 19.4 Å². The SMILES string of the molecule is COc1ccc(CNc2nc(-c3ccccc3)c(-c3ccc(=O)n(C(C)C)n3)nc2C(=O)O)cc1. The van der Waals surface area contributed by atoms with Crippen molar-refractivity contribution >= 4 is 11.8 Å². The molecule has 0 spiro atoms. The summed E-state index contributed by atoms with van der Waals surface area (Å²) in [7, 11) is 1.59. The highest BCUT2D eigenvalue weighted by molar-refractivity contribution is 5.93. The van der Waals surface area contributed by atoms with Gasteiger partial charge < -0.3 is 15.2 Å². The summed E-state index contributed by atoms with van der Waals surface area (Å²) >= 11 is 0. The van der Waals surface area contributed by atoms with E-state index in [1.165, 1.54) is 16.8 Å². The fraction of sp³-hybridized carbons (Fsp3) is 0.192. The minimum absolute atomic E-state index is 0.133. The number of nitrogens with zero attached hydrogens (tertiary/aromatic N) is 4. The second kappa shape index (κ2) is 10.2. The zero-order valence-corrected chi connectivity index (χ0v) is 19.6. The van der Waals surface area contributed by atoms with E-state index in [9.17, 15) is 14.7 Å². The van der Waals surface area contributed by atoms with Gasteiger partial charge in [0.2, 0.25) is 0 Å². The number of hydrogen-bond donors (Lipinski definition) is 2. The topological polar surface area (TPSA) is 119 Å². The highest BCUT2D eigenvalue weighted by Crippen LogP contribution is 2.30. The minimum Gasteiger partial charge on any atom is -0.497 e. The van der Waals surface area contributed by atoms with Crippen LogP contribution in [0.3, 0.4) is 0 Å². The Kier molecular flexibility index (Phi) is 6.86. The molecule has 9 heteroatoms. The summed E-state index contributed by atoms with van der Waals surface area (Å²) in [6.07, 6.45) is 0. The molecule has 0 aliphatic carbocycles. The molecule has 178 valence electrons. The minimum atomic E-state index is -1.23. The zero-order chi connectivity index (χ0) is 24.9. The summed E-state index contributed by atoms with van der Waals surface area (Å²) in [4.78, 5) is 33.5. The van der Waals surface area contributed by atoms with E-state index in [0.29, 0.717) is 17.9 Å². The lowest BCUT2D eigenvalue weighted by Crippen LogP contribution is -2.24. The van der Waals surface area contributed by atoms with Gasteiger partial charge in [0, 0.05) is 18.2 Å². The van der Waals surface area contributed by atoms with Crippen molar-refractivity contribution in [3.8, 4) is 28.4 Å². The number of methoxy groups -OCH3 is 1. The number of hydrogen-bond acceptors (Lipinski definition) is 7. The molecule has 2 N–H and O–H groups in total. The molecule has 0 amide bonds. The van der Waals surface area contributed by atoms with E-state index in [4.69, 9.17) is 4.74 Å². The van der Waals surface area contributed by atoms with E-state index in [0.717, 1.165) is 16.9 Å². The van der Waals surface area contributed by atoms with Crippen LogP contribution in [0.25, 0.3) is 22.6 Å². The summed E-state index contributed by atoms with van der Waals surface area (Å²) < 4.78 is 6.52. The normalized spacial score (nSPS) is 10.9. The summed E-state index contributed by atoms with van der Waals surface area (Å²) in [5, 5.41) is 17.5. The molecule has 4 aromatic rings. The second-order valence-corrected chi connectivity index (χ2v) is 8.09. The Labute approximate surface area is 202 Å². The first-order valence-corrected chi connectivity index (χ1v) is 11.0.